The van der Waals surface area contributed by atoms with Gasteiger partial charge in [0.2, 0.25) is 0 Å². The molecular formula is C13H16FeO5. The molecule has 0 heterocycles. The number of aldehydes is 1. The van der Waals surface area contributed by atoms with Gasteiger partial charge in [-0.15, -0.1) is 0 Å². The normalized spacial score (nSPS) is 6.11. The van der Waals surface area contributed by atoms with Gasteiger partial charge in [0.15, 0.2) is 0 Å². The third kappa shape index (κ3) is 31.3. The number of carbonyl (C=O) groups is 5. The first-order chi connectivity index (χ1) is 8.93. The molecule has 1 aromatic carbocycles. The van der Waals surface area contributed by atoms with Gasteiger partial charge in [0, 0.05) is 17.1 Å². The quantitative estimate of drug-likeness (QED) is 0.465. The summed E-state index contributed by atoms with van der Waals surface area (Å²) < 4.78 is 0. The van der Waals surface area contributed by atoms with Crippen LogP contribution in [0.1, 0.15) is 5.56 Å². The van der Waals surface area contributed by atoms with Gasteiger partial charge in [-0.05, 0) is 11.6 Å². The number of carbonyl (C=O) groups excluding carboxylic acids is 5. The van der Waals surface area contributed by atoms with E-state index in [9.17, 15) is 4.79 Å². The summed E-state index contributed by atoms with van der Waals surface area (Å²) in [7, 11) is 0. The second-order valence-electron chi connectivity index (χ2n) is 1.91. The average molecular weight is 308 g/mol. The standard InChI is InChI=1S/C9H8O.4CH2O.Fe/c10-8-4-7-9-5-2-1-3-6-9;4*1-2;/h1-8H;4*1H2;. The molecule has 0 aliphatic carbocycles. The molecule has 0 atom stereocenters. The topological polar surface area (TPSA) is 85.3 Å². The summed E-state index contributed by atoms with van der Waals surface area (Å²) >= 11 is 0. The van der Waals surface area contributed by atoms with Gasteiger partial charge >= 0.3 is 0 Å². The smallest absolute Gasteiger partial charge is 0.142 e. The van der Waals surface area contributed by atoms with Crippen molar-refractivity contribution < 1.29 is 41.0 Å². The van der Waals surface area contributed by atoms with Crippen LogP contribution in [0.3, 0.4) is 0 Å². The molecule has 0 aliphatic rings. The fraction of sp³-hybridized carbons (Fsp3) is 0. The fourth-order valence-electron chi connectivity index (χ4n) is 0.715. The summed E-state index contributed by atoms with van der Waals surface area (Å²) in [6, 6.07) is 9.70. The second-order valence-corrected chi connectivity index (χ2v) is 1.91. The van der Waals surface area contributed by atoms with E-state index in [0.29, 0.717) is 0 Å². The summed E-state index contributed by atoms with van der Waals surface area (Å²) in [5, 5.41) is 0. The molecule has 0 unspecified atom stereocenters. The van der Waals surface area contributed by atoms with Gasteiger partial charge in [0.05, 0.1) is 0 Å². The van der Waals surface area contributed by atoms with E-state index >= 15 is 0 Å². The Balaban J connectivity index is -0.0000000628. The van der Waals surface area contributed by atoms with Crippen LogP contribution in [0.2, 0.25) is 0 Å². The van der Waals surface area contributed by atoms with Gasteiger partial charge in [-0.2, -0.15) is 0 Å². The van der Waals surface area contributed by atoms with Crippen molar-refractivity contribution in [3.63, 3.8) is 0 Å². The predicted octanol–water partition coefficient (Wildman–Crippen LogP) is 1.16. The Bertz CT molecular complexity index is 282. The molecule has 6 heteroatoms. The predicted molar refractivity (Wildman–Crippen MR) is 70.0 cm³/mol. The first-order valence-electron chi connectivity index (χ1n) is 4.26. The molecule has 1 rings (SSSR count). The average Bonchev–Trinajstić information content (AvgIpc) is 2.54. The minimum Gasteiger partial charge on any atom is -0.307 e. The van der Waals surface area contributed by atoms with Crippen LogP contribution in [0.4, 0.5) is 0 Å². The van der Waals surface area contributed by atoms with Crippen molar-refractivity contribution in [1.82, 2.24) is 0 Å². The maximum Gasteiger partial charge on any atom is 0.142 e. The van der Waals surface area contributed by atoms with Crippen molar-refractivity contribution in [2.24, 2.45) is 0 Å². The van der Waals surface area contributed by atoms with Crippen molar-refractivity contribution in [3.05, 3.63) is 42.0 Å². The van der Waals surface area contributed by atoms with Crippen LogP contribution < -0.4 is 0 Å². The van der Waals surface area contributed by atoms with E-state index in [2.05, 4.69) is 0 Å². The van der Waals surface area contributed by atoms with Gasteiger partial charge in [0.1, 0.15) is 33.4 Å². The van der Waals surface area contributed by atoms with E-state index in [4.69, 9.17) is 19.2 Å². The maximum atomic E-state index is 9.89. The van der Waals surface area contributed by atoms with Crippen LogP contribution in [0.25, 0.3) is 6.08 Å². The summed E-state index contributed by atoms with van der Waals surface area (Å²) in [6.45, 7) is 8.00. The minimum atomic E-state index is 0. The zero-order valence-corrected chi connectivity index (χ0v) is 11.4. The van der Waals surface area contributed by atoms with Gasteiger partial charge in [0.25, 0.3) is 0 Å². The summed E-state index contributed by atoms with van der Waals surface area (Å²) in [6.07, 6.45) is 4.02. The Morgan fingerprint density at radius 3 is 1.42 bits per heavy atom. The Morgan fingerprint density at radius 1 is 0.737 bits per heavy atom. The van der Waals surface area contributed by atoms with E-state index in [-0.39, 0.29) is 17.1 Å². The molecule has 0 aliphatic heterocycles. The minimum absolute atomic E-state index is 0. The van der Waals surface area contributed by atoms with E-state index in [1.807, 2.05) is 57.5 Å². The molecule has 0 bridgehead atoms. The van der Waals surface area contributed by atoms with Gasteiger partial charge in [-0.3, -0.25) is 4.79 Å². The fourth-order valence-corrected chi connectivity index (χ4v) is 0.715. The number of hydrogen-bond donors (Lipinski definition) is 0. The molecular weight excluding hydrogens is 292 g/mol. The van der Waals surface area contributed by atoms with Crippen molar-refractivity contribution in [2.75, 3.05) is 0 Å². The van der Waals surface area contributed by atoms with E-state index in [0.717, 1.165) is 11.8 Å². The Kier molecular flexibility index (Phi) is 70.8. The molecule has 106 valence electrons. The number of benzene rings is 1. The Morgan fingerprint density at radius 2 is 1.11 bits per heavy atom. The van der Waals surface area contributed by atoms with Crippen LogP contribution >= 0.6 is 0 Å². The van der Waals surface area contributed by atoms with Crippen molar-refractivity contribution in [1.29, 1.82) is 0 Å². The third-order valence-corrected chi connectivity index (χ3v) is 1.17. The SMILES string of the molecule is C=O.C=O.C=O.C=O.O=CC=Cc1ccccc1.[Fe]. The van der Waals surface area contributed by atoms with Crippen molar-refractivity contribution in [3.8, 4) is 0 Å². The van der Waals surface area contributed by atoms with Crippen molar-refractivity contribution >= 4 is 39.5 Å². The molecule has 19 heavy (non-hydrogen) atoms. The van der Waals surface area contributed by atoms with E-state index in [1.165, 1.54) is 6.08 Å². The van der Waals surface area contributed by atoms with Crippen LogP contribution in [0, 0.1) is 0 Å². The van der Waals surface area contributed by atoms with Crippen LogP contribution in [0.15, 0.2) is 36.4 Å². The van der Waals surface area contributed by atoms with Gasteiger partial charge < -0.3 is 19.2 Å². The molecule has 0 radical (unpaired) electrons. The third-order valence-electron chi connectivity index (χ3n) is 1.17. The second kappa shape index (κ2) is 44.7. The van der Waals surface area contributed by atoms with Crippen molar-refractivity contribution in [2.45, 2.75) is 0 Å². The monoisotopic (exact) mass is 308 g/mol. The first-order valence-corrected chi connectivity index (χ1v) is 4.26. The molecule has 0 amide bonds. The van der Waals surface area contributed by atoms with Crippen LogP contribution in [0.5, 0.6) is 0 Å². The molecule has 0 aromatic heterocycles. The number of hydrogen-bond acceptors (Lipinski definition) is 5. The summed E-state index contributed by atoms with van der Waals surface area (Å²) in [4.78, 5) is 41.9. The maximum absolute atomic E-state index is 9.89. The molecule has 0 fully saturated rings. The van der Waals surface area contributed by atoms with E-state index < -0.39 is 0 Å². The Hall–Kier alpha value is -2.17. The van der Waals surface area contributed by atoms with E-state index in [1.54, 1.807) is 6.08 Å². The zero-order valence-electron chi connectivity index (χ0n) is 10.3. The Labute approximate surface area is 123 Å². The molecule has 0 N–H and O–H groups in total. The molecule has 0 saturated heterocycles. The molecule has 0 saturated carbocycles. The van der Waals surface area contributed by atoms with Crippen LogP contribution in [-0.2, 0) is 41.0 Å². The summed E-state index contributed by atoms with van der Waals surface area (Å²) in [5.41, 5.74) is 1.05. The summed E-state index contributed by atoms with van der Waals surface area (Å²) in [5.74, 6) is 0. The number of allylic oxidation sites excluding steroid dienone is 1. The van der Waals surface area contributed by atoms with Gasteiger partial charge in [-0.1, -0.05) is 36.4 Å². The largest absolute Gasteiger partial charge is 0.307 e. The number of rotatable bonds is 2. The molecule has 5 nitrogen and oxygen atoms in total. The van der Waals surface area contributed by atoms with Gasteiger partial charge in [-0.25, -0.2) is 0 Å². The zero-order chi connectivity index (χ0) is 15.2. The first kappa shape index (κ1) is 30.1. The molecule has 1 aromatic rings. The van der Waals surface area contributed by atoms with Crippen LogP contribution in [-0.4, -0.2) is 33.4 Å². The molecule has 0 spiro atoms.